The van der Waals surface area contributed by atoms with E-state index >= 15 is 0 Å². The normalized spacial score (nSPS) is 23.5. The quantitative estimate of drug-likeness (QED) is 0.408. The van der Waals surface area contributed by atoms with Crippen LogP contribution in [-0.2, 0) is 21.1 Å². The van der Waals surface area contributed by atoms with Gasteiger partial charge in [-0.2, -0.15) is 0 Å². The van der Waals surface area contributed by atoms with Crippen LogP contribution in [0.25, 0.3) is 0 Å². The third-order valence-corrected chi connectivity index (χ3v) is 19.1. The molecule has 4 rings (SSSR count). The number of hydrogen-bond donors (Lipinski definition) is 0. The molecule has 4 nitrogen and oxygen atoms in total. The molecule has 0 amide bonds. The molecule has 0 N–H and O–H groups in total. The Bertz CT molecular complexity index is 1170. The second-order valence-electron chi connectivity index (χ2n) is 8.92. The molecule has 2 unspecified atom stereocenters. The fourth-order valence-electron chi connectivity index (χ4n) is 4.63. The van der Waals surface area contributed by atoms with E-state index < -0.39 is 27.4 Å². The van der Waals surface area contributed by atoms with Gasteiger partial charge in [-0.25, -0.2) is 0 Å². The summed E-state index contributed by atoms with van der Waals surface area (Å²) in [5.74, 6) is 1.39. The summed E-state index contributed by atoms with van der Waals surface area (Å²) in [5, 5.41) is 18.5. The van der Waals surface area contributed by atoms with Crippen LogP contribution in [0.3, 0.4) is 0 Å². The molecule has 2 atom stereocenters. The minimum absolute atomic E-state index is 0.408. The molecule has 2 aliphatic rings. The molecule has 0 fully saturated rings. The van der Waals surface area contributed by atoms with Crippen LogP contribution >= 0.6 is 0 Å². The van der Waals surface area contributed by atoms with Gasteiger partial charge in [0, 0.05) is 0 Å². The van der Waals surface area contributed by atoms with E-state index in [-0.39, 0.29) is 0 Å². The summed E-state index contributed by atoms with van der Waals surface area (Å²) < 4.78 is 13.4. The van der Waals surface area contributed by atoms with Crippen LogP contribution in [0.1, 0.15) is 38.8 Å². The molecule has 2 aromatic carbocycles. The van der Waals surface area contributed by atoms with Gasteiger partial charge in [-0.3, -0.25) is 0 Å². The van der Waals surface area contributed by atoms with Gasteiger partial charge in [-0.15, -0.1) is 0 Å². The van der Waals surface area contributed by atoms with Crippen LogP contribution in [0.4, 0.5) is 0 Å². The van der Waals surface area contributed by atoms with Gasteiger partial charge in [0.15, 0.2) is 0 Å². The molecule has 0 radical (unpaired) electrons. The number of allylic oxidation sites excluding steroid dienone is 8. The van der Waals surface area contributed by atoms with Gasteiger partial charge in [0.2, 0.25) is 0 Å². The van der Waals surface area contributed by atoms with E-state index in [1.807, 2.05) is 24.3 Å². The molecule has 0 spiro atoms. The van der Waals surface area contributed by atoms with Gasteiger partial charge in [-0.1, -0.05) is 0 Å². The third kappa shape index (κ3) is 3.72. The minimum atomic E-state index is -4.40. The Balaban J connectivity index is 1.94. The van der Waals surface area contributed by atoms with Crippen molar-refractivity contribution in [1.29, 1.82) is 10.5 Å². The Kier molecular flexibility index (Phi) is 6.05. The van der Waals surface area contributed by atoms with E-state index in [0.717, 1.165) is 0 Å². The zero-order valence-electron chi connectivity index (χ0n) is 19.3. The molecule has 5 heteroatoms. The van der Waals surface area contributed by atoms with Crippen molar-refractivity contribution in [2.75, 3.05) is 0 Å². The van der Waals surface area contributed by atoms with Crippen molar-refractivity contribution in [3.8, 4) is 23.6 Å². The van der Waals surface area contributed by atoms with E-state index in [1.54, 1.807) is 24.3 Å². The average molecular weight is 514 g/mol. The summed E-state index contributed by atoms with van der Waals surface area (Å²) in [4.78, 5) is 0. The summed E-state index contributed by atoms with van der Waals surface area (Å²) in [6.45, 7) is 8.71. The standard InChI is InChI=1S/2C7H5NO.2C7H9.Zr/c2*8-5-6-1-3-7(9)4-2-6;2*1-6-4-3-5-7(6)2;/h2*1-4,9H;2*3-5H,1-2H3;/q;;;;+2/p-2. The van der Waals surface area contributed by atoms with Crippen molar-refractivity contribution >= 4 is 0 Å². The van der Waals surface area contributed by atoms with Crippen LogP contribution < -0.4 is 5.63 Å². The number of rotatable bonds is 6. The second-order valence-corrected chi connectivity index (χ2v) is 18.1. The first-order chi connectivity index (χ1) is 15.8. The first-order valence-electron chi connectivity index (χ1n) is 10.9. The van der Waals surface area contributed by atoms with Gasteiger partial charge in [0.05, 0.1) is 0 Å². The van der Waals surface area contributed by atoms with Crippen LogP contribution in [0.2, 0.25) is 6.25 Å². The van der Waals surface area contributed by atoms with Gasteiger partial charge in [-0.05, 0) is 0 Å². The molecule has 0 aromatic heterocycles. The fourth-order valence-corrected chi connectivity index (χ4v) is 16.3. The SMILES string of the molecule is CC1=CC=C[C]1(C)[Zr]([O]c1ccc(C#N)cc1)([O]c1ccc(C#N)cc1)[C]1(C)C=CC=C1C. The number of nitrogens with zero attached hydrogens (tertiary/aromatic N) is 2. The zero-order valence-corrected chi connectivity index (χ0v) is 21.8. The van der Waals surface area contributed by atoms with Crippen LogP contribution in [0, 0.1) is 22.7 Å². The maximum atomic E-state index is 9.24. The Labute approximate surface area is 201 Å². The number of hydrogen-bond acceptors (Lipinski definition) is 4. The summed E-state index contributed by atoms with van der Waals surface area (Å²) in [7, 11) is 0. The van der Waals surface area contributed by atoms with Gasteiger partial charge in [0.1, 0.15) is 0 Å². The molecule has 2 aliphatic carbocycles. The monoisotopic (exact) mass is 512 g/mol. The molecule has 2 aromatic rings. The maximum absolute atomic E-state index is 9.24. The molecular formula is C28H26N2O2Zr. The van der Waals surface area contributed by atoms with Crippen molar-refractivity contribution in [1.82, 2.24) is 0 Å². The summed E-state index contributed by atoms with van der Waals surface area (Å²) in [6.07, 6.45) is 12.9. The zero-order chi connectivity index (χ0) is 23.7. The predicted molar refractivity (Wildman–Crippen MR) is 126 cm³/mol. The summed E-state index contributed by atoms with van der Waals surface area (Å²) >= 11 is -4.40. The molecular weight excluding hydrogens is 488 g/mol. The van der Waals surface area contributed by atoms with E-state index in [0.29, 0.717) is 22.6 Å². The molecule has 33 heavy (non-hydrogen) atoms. The summed E-state index contributed by atoms with van der Waals surface area (Å²) in [5.41, 5.74) is 3.58. The molecule has 164 valence electrons. The van der Waals surface area contributed by atoms with Crippen molar-refractivity contribution in [3.63, 3.8) is 0 Å². The fraction of sp³-hybridized carbons (Fsp3) is 0.214. The second kappa shape index (κ2) is 8.66. The van der Waals surface area contributed by atoms with Gasteiger partial charge < -0.3 is 0 Å². The van der Waals surface area contributed by atoms with Gasteiger partial charge in [0.25, 0.3) is 0 Å². The van der Waals surface area contributed by atoms with Crippen LogP contribution in [-0.4, -0.2) is 0 Å². The Morgan fingerprint density at radius 1 is 0.667 bits per heavy atom. The molecule has 0 heterocycles. The van der Waals surface area contributed by atoms with Crippen LogP contribution in [0.5, 0.6) is 11.5 Å². The molecule has 0 aliphatic heterocycles. The van der Waals surface area contributed by atoms with Crippen molar-refractivity contribution < 1.29 is 26.8 Å². The van der Waals surface area contributed by atoms with Crippen molar-refractivity contribution in [2.45, 2.75) is 33.9 Å². The first-order valence-corrected chi connectivity index (χ1v) is 15.4. The van der Waals surface area contributed by atoms with E-state index in [4.69, 9.17) is 5.63 Å². The van der Waals surface area contributed by atoms with Gasteiger partial charge >= 0.3 is 202 Å². The number of nitriles is 2. The summed E-state index contributed by atoms with van der Waals surface area (Å²) in [6, 6.07) is 18.9. The van der Waals surface area contributed by atoms with E-state index in [1.165, 1.54) is 11.1 Å². The van der Waals surface area contributed by atoms with Crippen LogP contribution in [0.15, 0.2) is 96.1 Å². The van der Waals surface area contributed by atoms with Crippen molar-refractivity contribution in [3.05, 3.63) is 107 Å². The predicted octanol–water partition coefficient (Wildman–Crippen LogP) is 7.26. The Morgan fingerprint density at radius 3 is 1.30 bits per heavy atom. The third-order valence-electron chi connectivity index (χ3n) is 7.05. The Hall–Kier alpha value is -3.14. The first kappa shape index (κ1) is 23.0. The van der Waals surface area contributed by atoms with E-state index in [9.17, 15) is 10.5 Å². The topological polar surface area (TPSA) is 66.0 Å². The molecule has 0 bridgehead atoms. The number of benzene rings is 2. The molecule has 0 saturated heterocycles. The Morgan fingerprint density at radius 2 is 1.03 bits per heavy atom. The average Bonchev–Trinajstić information content (AvgIpc) is 3.36. The van der Waals surface area contributed by atoms with E-state index in [2.05, 4.69) is 76.3 Å². The van der Waals surface area contributed by atoms with Crippen molar-refractivity contribution in [2.24, 2.45) is 0 Å². The molecule has 0 saturated carbocycles.